The number of thiazole rings is 1. The zero-order valence-corrected chi connectivity index (χ0v) is 15.5. The van der Waals surface area contributed by atoms with Gasteiger partial charge in [0, 0.05) is 22.0 Å². The van der Waals surface area contributed by atoms with E-state index in [0.717, 1.165) is 26.6 Å². The number of benzene rings is 2. The number of nitriles is 1. The fraction of sp³-hybridized carbons (Fsp3) is 0.150. The van der Waals surface area contributed by atoms with Gasteiger partial charge in [-0.05, 0) is 41.8 Å². The quantitative estimate of drug-likeness (QED) is 0.653. The molecule has 3 rings (SSSR count). The SMILES string of the molecule is Cc1cnc(C(CC(=O)O)c2cc(Cl)cc(-c3ccccc3C#N)c2)s1. The number of halogens is 1. The van der Waals surface area contributed by atoms with Gasteiger partial charge in [0.25, 0.3) is 0 Å². The van der Waals surface area contributed by atoms with Crippen LogP contribution in [0.3, 0.4) is 0 Å². The van der Waals surface area contributed by atoms with Gasteiger partial charge in [0.1, 0.15) is 5.01 Å². The Kier molecular flexibility index (Phi) is 5.36. The van der Waals surface area contributed by atoms with Gasteiger partial charge in [0.05, 0.1) is 18.1 Å². The van der Waals surface area contributed by atoms with Crippen molar-refractivity contribution in [3.05, 3.63) is 74.7 Å². The zero-order valence-electron chi connectivity index (χ0n) is 13.9. The van der Waals surface area contributed by atoms with Crippen LogP contribution >= 0.6 is 22.9 Å². The Balaban J connectivity index is 2.13. The largest absolute Gasteiger partial charge is 0.481 e. The Morgan fingerprint density at radius 3 is 2.77 bits per heavy atom. The summed E-state index contributed by atoms with van der Waals surface area (Å²) in [6.07, 6.45) is 1.66. The predicted molar refractivity (Wildman–Crippen MR) is 103 cm³/mol. The first-order chi connectivity index (χ1) is 12.5. The fourth-order valence-electron chi connectivity index (χ4n) is 2.86. The van der Waals surface area contributed by atoms with E-state index >= 15 is 0 Å². The van der Waals surface area contributed by atoms with E-state index in [1.807, 2.05) is 25.1 Å². The first-order valence-electron chi connectivity index (χ1n) is 7.92. The molecule has 3 aromatic rings. The van der Waals surface area contributed by atoms with Crippen molar-refractivity contribution in [1.29, 1.82) is 5.26 Å². The minimum absolute atomic E-state index is 0.0768. The maximum absolute atomic E-state index is 11.4. The predicted octanol–water partition coefficient (Wildman–Crippen LogP) is 5.25. The minimum atomic E-state index is -0.901. The van der Waals surface area contributed by atoms with E-state index in [1.165, 1.54) is 11.3 Å². The minimum Gasteiger partial charge on any atom is -0.481 e. The molecule has 2 aromatic carbocycles. The molecule has 130 valence electrons. The summed E-state index contributed by atoms with van der Waals surface area (Å²) in [5.41, 5.74) is 2.87. The topological polar surface area (TPSA) is 74.0 Å². The lowest BCUT2D eigenvalue weighted by molar-refractivity contribution is -0.137. The van der Waals surface area contributed by atoms with Crippen LogP contribution in [0.15, 0.2) is 48.7 Å². The van der Waals surface area contributed by atoms with E-state index in [0.29, 0.717) is 10.6 Å². The van der Waals surface area contributed by atoms with Gasteiger partial charge in [-0.3, -0.25) is 4.79 Å². The average Bonchev–Trinajstić information content (AvgIpc) is 3.05. The van der Waals surface area contributed by atoms with Crippen LogP contribution < -0.4 is 0 Å². The molecule has 1 N–H and O–H groups in total. The van der Waals surface area contributed by atoms with Crippen molar-refractivity contribution in [1.82, 2.24) is 4.98 Å². The van der Waals surface area contributed by atoms with Crippen molar-refractivity contribution in [2.45, 2.75) is 19.3 Å². The third-order valence-electron chi connectivity index (χ3n) is 4.00. The number of aromatic nitrogens is 1. The van der Waals surface area contributed by atoms with Crippen molar-refractivity contribution in [3.8, 4) is 17.2 Å². The van der Waals surface area contributed by atoms with Gasteiger partial charge in [-0.25, -0.2) is 4.98 Å². The summed E-state index contributed by atoms with van der Waals surface area (Å²) in [4.78, 5) is 16.8. The summed E-state index contributed by atoms with van der Waals surface area (Å²) in [5.74, 6) is -1.29. The molecule has 0 bridgehead atoms. The highest BCUT2D eigenvalue weighted by molar-refractivity contribution is 7.11. The molecular formula is C20H15ClN2O2S. The summed E-state index contributed by atoms with van der Waals surface area (Å²) in [6, 6.07) is 14.9. The summed E-state index contributed by atoms with van der Waals surface area (Å²) >= 11 is 7.80. The van der Waals surface area contributed by atoms with E-state index in [4.69, 9.17) is 11.6 Å². The lowest BCUT2D eigenvalue weighted by Gasteiger charge is -2.15. The smallest absolute Gasteiger partial charge is 0.304 e. The van der Waals surface area contributed by atoms with Crippen molar-refractivity contribution in [2.24, 2.45) is 0 Å². The van der Waals surface area contributed by atoms with Crippen LogP contribution in [0.25, 0.3) is 11.1 Å². The van der Waals surface area contributed by atoms with Gasteiger partial charge in [-0.2, -0.15) is 5.26 Å². The highest BCUT2D eigenvalue weighted by Gasteiger charge is 2.22. The van der Waals surface area contributed by atoms with Crippen LogP contribution in [0.1, 0.15) is 33.4 Å². The Morgan fingerprint density at radius 1 is 1.35 bits per heavy atom. The molecule has 0 aliphatic carbocycles. The van der Waals surface area contributed by atoms with Crippen molar-refractivity contribution in [2.75, 3.05) is 0 Å². The molecule has 0 amide bonds. The van der Waals surface area contributed by atoms with E-state index < -0.39 is 11.9 Å². The molecule has 1 unspecified atom stereocenters. The second-order valence-electron chi connectivity index (χ2n) is 5.89. The highest BCUT2D eigenvalue weighted by Crippen LogP contribution is 2.36. The lowest BCUT2D eigenvalue weighted by atomic mass is 9.92. The molecule has 0 saturated heterocycles. The van der Waals surface area contributed by atoms with Gasteiger partial charge in [0.15, 0.2) is 0 Å². The molecule has 0 aliphatic heterocycles. The van der Waals surface area contributed by atoms with Crippen molar-refractivity contribution in [3.63, 3.8) is 0 Å². The van der Waals surface area contributed by atoms with Crippen LogP contribution in [0.2, 0.25) is 5.02 Å². The number of hydrogen-bond donors (Lipinski definition) is 1. The fourth-order valence-corrected chi connectivity index (χ4v) is 4.00. The van der Waals surface area contributed by atoms with E-state index in [-0.39, 0.29) is 6.42 Å². The number of aliphatic carboxylic acids is 1. The summed E-state index contributed by atoms with van der Waals surface area (Å²) in [7, 11) is 0. The third-order valence-corrected chi connectivity index (χ3v) is 5.24. The molecule has 1 atom stereocenters. The zero-order chi connectivity index (χ0) is 18.7. The molecule has 1 heterocycles. The molecule has 0 radical (unpaired) electrons. The first-order valence-corrected chi connectivity index (χ1v) is 9.11. The maximum Gasteiger partial charge on any atom is 0.304 e. The van der Waals surface area contributed by atoms with Gasteiger partial charge in [0.2, 0.25) is 0 Å². The maximum atomic E-state index is 11.4. The standard InChI is InChI=1S/C20H15ClN2O2S/c1-12-11-23-20(26-12)18(9-19(24)25)15-6-14(7-16(21)8-15)17-5-3-2-4-13(17)10-22/h2-8,11,18H,9H2,1H3,(H,24,25). The molecule has 0 aliphatic rings. The van der Waals surface area contributed by atoms with Crippen LogP contribution in [0.5, 0.6) is 0 Å². The molecule has 6 heteroatoms. The van der Waals surface area contributed by atoms with Crippen molar-refractivity contribution < 1.29 is 9.90 Å². The normalized spacial score (nSPS) is 11.7. The molecule has 1 aromatic heterocycles. The van der Waals surface area contributed by atoms with E-state index in [1.54, 1.807) is 30.5 Å². The average molecular weight is 383 g/mol. The molecular weight excluding hydrogens is 368 g/mol. The number of carbonyl (C=O) groups is 1. The number of aryl methyl sites for hydroxylation is 1. The van der Waals surface area contributed by atoms with Crippen molar-refractivity contribution >= 4 is 28.9 Å². The van der Waals surface area contributed by atoms with Gasteiger partial charge < -0.3 is 5.11 Å². The Morgan fingerprint density at radius 2 is 2.12 bits per heavy atom. The number of hydrogen-bond acceptors (Lipinski definition) is 4. The van der Waals surface area contributed by atoms with Crippen LogP contribution in [-0.4, -0.2) is 16.1 Å². The molecule has 0 fully saturated rings. The van der Waals surface area contributed by atoms with Gasteiger partial charge >= 0.3 is 5.97 Å². The highest BCUT2D eigenvalue weighted by atomic mass is 35.5. The lowest BCUT2D eigenvalue weighted by Crippen LogP contribution is -2.08. The summed E-state index contributed by atoms with van der Waals surface area (Å²) < 4.78 is 0. The monoisotopic (exact) mass is 382 g/mol. The molecule has 0 saturated carbocycles. The van der Waals surface area contributed by atoms with Crippen LogP contribution in [0.4, 0.5) is 0 Å². The van der Waals surface area contributed by atoms with E-state index in [2.05, 4.69) is 11.1 Å². The number of nitrogens with zero attached hydrogens (tertiary/aromatic N) is 2. The van der Waals surface area contributed by atoms with Crippen LogP contribution in [0, 0.1) is 18.3 Å². The van der Waals surface area contributed by atoms with Gasteiger partial charge in [-0.15, -0.1) is 11.3 Å². The Labute approximate surface area is 160 Å². The molecule has 4 nitrogen and oxygen atoms in total. The second-order valence-corrected chi connectivity index (χ2v) is 7.59. The van der Waals surface area contributed by atoms with Gasteiger partial charge in [-0.1, -0.05) is 35.9 Å². The number of rotatable bonds is 5. The Hall–Kier alpha value is -2.68. The second kappa shape index (κ2) is 7.69. The molecule has 26 heavy (non-hydrogen) atoms. The Bertz CT molecular complexity index is 1010. The molecule has 0 spiro atoms. The third kappa shape index (κ3) is 3.93. The number of carboxylic acid groups (broad SMARTS) is 1. The summed E-state index contributed by atoms with van der Waals surface area (Å²) in [6.45, 7) is 1.94. The summed E-state index contributed by atoms with van der Waals surface area (Å²) in [5, 5.41) is 19.9. The van der Waals surface area contributed by atoms with E-state index in [9.17, 15) is 15.2 Å². The number of carboxylic acids is 1. The van der Waals surface area contributed by atoms with Crippen LogP contribution in [-0.2, 0) is 4.79 Å². The first kappa shape index (κ1) is 18.1.